The molecule has 0 aromatic heterocycles. The van der Waals surface area contributed by atoms with E-state index in [0.717, 1.165) is 24.3 Å². The normalized spacial score (nSPS) is 13.5. The van der Waals surface area contributed by atoms with Crippen molar-refractivity contribution in [3.8, 4) is 0 Å². The molecule has 0 fully saturated rings. The second-order valence-electron chi connectivity index (χ2n) is 2.76. The van der Waals surface area contributed by atoms with Gasteiger partial charge in [-0.05, 0) is 24.3 Å². The minimum Gasteiger partial charge on any atom is -0.479 e. The van der Waals surface area contributed by atoms with E-state index in [1.54, 1.807) is 0 Å². The molecule has 0 aliphatic rings. The molecule has 0 bridgehead atoms. The molecule has 82 valence electrons. The smallest absolute Gasteiger partial charge is 0.336 e. The molecule has 0 saturated heterocycles. The molecule has 0 amide bonds. The minimum absolute atomic E-state index is 0.321. The molecule has 3 N–H and O–H groups in total. The van der Waals surface area contributed by atoms with Gasteiger partial charge in [-0.1, -0.05) is 0 Å². The van der Waals surface area contributed by atoms with Gasteiger partial charge < -0.3 is 10.8 Å². The lowest BCUT2D eigenvalue weighted by Crippen LogP contribution is -2.38. The number of halogens is 1. The quantitative estimate of drug-likeness (QED) is 0.714. The highest BCUT2D eigenvalue weighted by Gasteiger charge is 2.29. The summed E-state index contributed by atoms with van der Waals surface area (Å²) in [5, 5.41) is 6.42. The largest absolute Gasteiger partial charge is 0.479 e. The molecule has 1 atom stereocenters. The summed E-state index contributed by atoms with van der Waals surface area (Å²) in [4.78, 5) is 10.1. The predicted octanol–water partition coefficient (Wildman–Crippen LogP) is -0.0312. The van der Waals surface area contributed by atoms with Crippen LogP contribution in [0.3, 0.4) is 0 Å². The van der Waals surface area contributed by atoms with Crippen LogP contribution in [0.4, 0.5) is 4.39 Å². The molecule has 7 heteroatoms. The Balaban J connectivity index is 3.17. The van der Waals surface area contributed by atoms with Gasteiger partial charge >= 0.3 is 5.97 Å². The molecule has 1 aromatic carbocycles. The van der Waals surface area contributed by atoms with Crippen molar-refractivity contribution in [3.05, 3.63) is 30.1 Å². The average Bonchev–Trinajstić information content (AvgIpc) is 2.17. The third-order valence-electron chi connectivity index (χ3n) is 1.72. The average molecular weight is 233 g/mol. The van der Waals surface area contributed by atoms with Crippen LogP contribution in [-0.4, -0.2) is 24.9 Å². The summed E-state index contributed by atoms with van der Waals surface area (Å²) < 4.78 is 35.4. The first kappa shape index (κ1) is 11.6. The van der Waals surface area contributed by atoms with E-state index in [1.807, 2.05) is 0 Å². The highest BCUT2D eigenvalue weighted by Crippen LogP contribution is 2.14. The summed E-state index contributed by atoms with van der Waals surface area (Å²) in [6.07, 6.45) is 0. The van der Waals surface area contributed by atoms with Gasteiger partial charge in [0, 0.05) is 0 Å². The summed E-state index contributed by atoms with van der Waals surface area (Å²) in [5.41, 5.74) is 4.98. The summed E-state index contributed by atoms with van der Waals surface area (Å²) in [6, 6.07) is 3.77. The van der Waals surface area contributed by atoms with E-state index < -0.39 is 27.0 Å². The number of hydrogen-bond acceptors (Lipinski definition) is 4. The Kier molecular flexibility index (Phi) is 3.06. The Hall–Kier alpha value is -1.47. The van der Waals surface area contributed by atoms with Crippen LogP contribution in [0.5, 0.6) is 0 Å². The molecule has 1 rings (SSSR count). The fourth-order valence-corrected chi connectivity index (χ4v) is 1.98. The van der Waals surface area contributed by atoms with Crippen molar-refractivity contribution >= 4 is 15.8 Å². The Labute approximate surface area is 85.2 Å². The van der Waals surface area contributed by atoms with Crippen LogP contribution in [-0.2, 0) is 14.6 Å². The topological polar surface area (TPSA) is 97.5 Å². The van der Waals surface area contributed by atoms with Gasteiger partial charge in [-0.2, -0.15) is 0 Å². The maximum Gasteiger partial charge on any atom is 0.336 e. The van der Waals surface area contributed by atoms with E-state index in [-0.39, 0.29) is 4.90 Å². The molecule has 1 aromatic rings. The Morgan fingerprint density at radius 1 is 1.33 bits per heavy atom. The second-order valence-corrected chi connectivity index (χ2v) is 4.83. The van der Waals surface area contributed by atoms with E-state index in [4.69, 9.17) is 10.8 Å². The lowest BCUT2D eigenvalue weighted by atomic mass is 10.4. The zero-order valence-electron chi connectivity index (χ0n) is 7.42. The third-order valence-corrected chi connectivity index (χ3v) is 3.52. The van der Waals surface area contributed by atoms with Crippen molar-refractivity contribution in [2.75, 3.05) is 0 Å². The van der Waals surface area contributed by atoms with Crippen molar-refractivity contribution in [1.82, 2.24) is 0 Å². The number of carbonyl (C=O) groups is 1. The number of rotatable bonds is 3. The highest BCUT2D eigenvalue weighted by atomic mass is 32.2. The number of carboxylic acids is 1. The van der Waals surface area contributed by atoms with Gasteiger partial charge in [0.05, 0.1) is 4.90 Å². The monoisotopic (exact) mass is 233 g/mol. The zero-order chi connectivity index (χ0) is 11.6. The molecule has 0 heterocycles. The fourth-order valence-electron chi connectivity index (χ4n) is 0.904. The fraction of sp³-hybridized carbons (Fsp3) is 0.125. The van der Waals surface area contributed by atoms with Gasteiger partial charge in [0.25, 0.3) is 0 Å². The van der Waals surface area contributed by atoms with Crippen LogP contribution in [0.15, 0.2) is 29.2 Å². The first-order valence-electron chi connectivity index (χ1n) is 3.83. The molecule has 5 nitrogen and oxygen atoms in total. The third kappa shape index (κ3) is 2.31. The van der Waals surface area contributed by atoms with Crippen LogP contribution < -0.4 is 5.73 Å². The van der Waals surface area contributed by atoms with Crippen molar-refractivity contribution < 1.29 is 22.7 Å². The number of sulfone groups is 1. The van der Waals surface area contributed by atoms with Gasteiger partial charge in [0.2, 0.25) is 15.2 Å². The first-order valence-corrected chi connectivity index (χ1v) is 5.38. The summed E-state index contributed by atoms with van der Waals surface area (Å²) in [5.74, 6) is -2.27. The molecule has 15 heavy (non-hydrogen) atoms. The highest BCUT2D eigenvalue weighted by molar-refractivity contribution is 7.92. The van der Waals surface area contributed by atoms with E-state index in [0.29, 0.717) is 0 Å². The summed E-state index contributed by atoms with van der Waals surface area (Å²) >= 11 is 0. The maximum atomic E-state index is 12.5. The number of carboxylic acid groups (broad SMARTS) is 1. The van der Waals surface area contributed by atoms with E-state index >= 15 is 0 Å². The minimum atomic E-state index is -4.14. The van der Waals surface area contributed by atoms with Crippen molar-refractivity contribution in [1.29, 1.82) is 0 Å². The van der Waals surface area contributed by atoms with E-state index in [1.165, 1.54) is 0 Å². The van der Waals surface area contributed by atoms with Gasteiger partial charge in [-0.15, -0.1) is 0 Å². The van der Waals surface area contributed by atoms with Crippen LogP contribution >= 0.6 is 0 Å². The van der Waals surface area contributed by atoms with Crippen LogP contribution in [0.1, 0.15) is 0 Å². The molecular formula is C8H8FNO4S. The molecule has 0 aliphatic carbocycles. The van der Waals surface area contributed by atoms with Crippen molar-refractivity contribution in [3.63, 3.8) is 0 Å². The van der Waals surface area contributed by atoms with Crippen LogP contribution in [0, 0.1) is 5.82 Å². The Morgan fingerprint density at radius 3 is 2.20 bits per heavy atom. The number of hydrogen-bond donors (Lipinski definition) is 2. The van der Waals surface area contributed by atoms with Gasteiger partial charge in [-0.3, -0.25) is 0 Å². The van der Waals surface area contributed by atoms with Gasteiger partial charge in [0.15, 0.2) is 0 Å². The first-order chi connectivity index (χ1) is 6.85. The van der Waals surface area contributed by atoms with Crippen LogP contribution in [0.25, 0.3) is 0 Å². The number of aliphatic carboxylic acids is 1. The molecular weight excluding hydrogens is 225 g/mol. The molecule has 0 spiro atoms. The molecule has 0 saturated carbocycles. The number of nitrogens with two attached hydrogens (primary N) is 1. The standard InChI is InChI=1S/C8H8FNO4S/c9-5-1-3-6(4-2-5)15(13,14)7(10)8(11)12/h1-4,7H,10H2,(H,11,12). The zero-order valence-corrected chi connectivity index (χ0v) is 8.24. The SMILES string of the molecule is NC(C(=O)O)S(=O)(=O)c1ccc(F)cc1. The lowest BCUT2D eigenvalue weighted by molar-refractivity contribution is -0.136. The predicted molar refractivity (Wildman–Crippen MR) is 49.2 cm³/mol. The Morgan fingerprint density at radius 2 is 1.80 bits per heavy atom. The Bertz CT molecular complexity index is 468. The van der Waals surface area contributed by atoms with Gasteiger partial charge in [0.1, 0.15) is 5.82 Å². The van der Waals surface area contributed by atoms with E-state index in [9.17, 15) is 17.6 Å². The van der Waals surface area contributed by atoms with Gasteiger partial charge in [-0.25, -0.2) is 17.6 Å². The lowest BCUT2D eigenvalue weighted by Gasteiger charge is -2.07. The maximum absolute atomic E-state index is 12.5. The summed E-state index contributed by atoms with van der Waals surface area (Å²) in [7, 11) is -4.14. The number of benzene rings is 1. The van der Waals surface area contributed by atoms with Crippen LogP contribution in [0.2, 0.25) is 0 Å². The van der Waals surface area contributed by atoms with E-state index in [2.05, 4.69) is 0 Å². The molecule has 1 unspecified atom stereocenters. The summed E-state index contributed by atoms with van der Waals surface area (Å²) in [6.45, 7) is 0. The molecule has 0 radical (unpaired) electrons. The van der Waals surface area contributed by atoms with Crippen molar-refractivity contribution in [2.45, 2.75) is 10.3 Å². The van der Waals surface area contributed by atoms with Crippen molar-refractivity contribution in [2.24, 2.45) is 5.73 Å². The second kappa shape index (κ2) is 3.95. The molecule has 0 aliphatic heterocycles.